The van der Waals surface area contributed by atoms with E-state index in [1.54, 1.807) is 0 Å². The number of nitrogens with two attached hydrogens (primary N) is 1. The highest BCUT2D eigenvalue weighted by Gasteiger charge is 2.28. The SMILES string of the molecule is CCCC(CO)Cc1nc2c3ccc(O)c(OC(C)(F)F)c3nc(N)n2n1. The predicted octanol–water partition coefficient (Wildman–Crippen LogP) is 2.51. The van der Waals surface area contributed by atoms with E-state index in [1.165, 1.54) is 16.6 Å². The average molecular weight is 381 g/mol. The summed E-state index contributed by atoms with van der Waals surface area (Å²) in [4.78, 5) is 8.50. The molecule has 0 amide bonds. The molecule has 0 fully saturated rings. The summed E-state index contributed by atoms with van der Waals surface area (Å²) in [5.74, 6) is -0.571. The fraction of sp³-hybridized carbons (Fsp3) is 0.471. The monoisotopic (exact) mass is 381 g/mol. The van der Waals surface area contributed by atoms with Crippen LogP contribution in [-0.2, 0) is 6.42 Å². The van der Waals surface area contributed by atoms with Gasteiger partial charge in [-0.2, -0.15) is 13.3 Å². The van der Waals surface area contributed by atoms with E-state index in [0.717, 1.165) is 12.8 Å². The predicted molar refractivity (Wildman–Crippen MR) is 94.8 cm³/mol. The molecule has 0 radical (unpaired) electrons. The lowest BCUT2D eigenvalue weighted by atomic mass is 10.0. The van der Waals surface area contributed by atoms with E-state index in [-0.39, 0.29) is 24.0 Å². The summed E-state index contributed by atoms with van der Waals surface area (Å²) in [6, 6.07) is 2.71. The van der Waals surface area contributed by atoms with Crippen molar-refractivity contribution in [3.05, 3.63) is 18.0 Å². The molecule has 0 spiro atoms. The van der Waals surface area contributed by atoms with Crippen LogP contribution >= 0.6 is 0 Å². The summed E-state index contributed by atoms with van der Waals surface area (Å²) in [5.41, 5.74) is 6.19. The quantitative estimate of drug-likeness (QED) is 0.575. The molecule has 1 atom stereocenters. The molecule has 27 heavy (non-hydrogen) atoms. The zero-order valence-corrected chi connectivity index (χ0v) is 15.0. The number of aliphatic hydroxyl groups is 1. The van der Waals surface area contributed by atoms with Crippen molar-refractivity contribution in [1.82, 2.24) is 19.6 Å². The fourth-order valence-electron chi connectivity index (χ4n) is 2.99. The van der Waals surface area contributed by atoms with Gasteiger partial charge in [0.1, 0.15) is 5.52 Å². The smallest absolute Gasteiger partial charge is 0.395 e. The van der Waals surface area contributed by atoms with Crippen LogP contribution in [0.2, 0.25) is 0 Å². The van der Waals surface area contributed by atoms with Gasteiger partial charge in [0.05, 0.1) is 0 Å². The van der Waals surface area contributed by atoms with E-state index in [9.17, 15) is 19.0 Å². The third-order valence-electron chi connectivity index (χ3n) is 4.15. The molecule has 8 nitrogen and oxygen atoms in total. The number of fused-ring (bicyclic) bond motifs is 3. The lowest BCUT2D eigenvalue weighted by molar-refractivity contribution is -0.159. The molecule has 0 aliphatic heterocycles. The number of benzene rings is 1. The first kappa shape index (κ1) is 19.0. The van der Waals surface area contributed by atoms with E-state index in [0.29, 0.717) is 30.2 Å². The number of rotatable bonds is 7. The van der Waals surface area contributed by atoms with Crippen molar-refractivity contribution in [2.75, 3.05) is 12.3 Å². The number of hydrogen-bond donors (Lipinski definition) is 3. The number of phenolic OH excluding ortho intramolecular Hbond substituents is 1. The number of aromatic hydroxyl groups is 1. The van der Waals surface area contributed by atoms with Gasteiger partial charge >= 0.3 is 6.11 Å². The third kappa shape index (κ3) is 3.85. The Morgan fingerprint density at radius 2 is 2.07 bits per heavy atom. The van der Waals surface area contributed by atoms with Crippen LogP contribution in [0.3, 0.4) is 0 Å². The number of aliphatic hydroxyl groups excluding tert-OH is 1. The molecular formula is C17H21F2N5O3. The first-order valence-corrected chi connectivity index (χ1v) is 8.58. The second-order valence-corrected chi connectivity index (χ2v) is 6.49. The number of halogens is 2. The van der Waals surface area contributed by atoms with E-state index >= 15 is 0 Å². The Hall–Kier alpha value is -2.75. The summed E-state index contributed by atoms with van der Waals surface area (Å²) in [5, 5.41) is 24.1. The van der Waals surface area contributed by atoms with Gasteiger partial charge in [-0.05, 0) is 24.5 Å². The van der Waals surface area contributed by atoms with Crippen LogP contribution in [0.4, 0.5) is 14.7 Å². The molecule has 0 aliphatic rings. The van der Waals surface area contributed by atoms with Crippen LogP contribution in [0.15, 0.2) is 12.1 Å². The van der Waals surface area contributed by atoms with Crippen molar-refractivity contribution in [2.45, 2.75) is 39.2 Å². The zero-order valence-electron chi connectivity index (χ0n) is 15.0. The first-order chi connectivity index (χ1) is 12.7. The number of nitrogen functional groups attached to an aromatic ring is 1. The lowest BCUT2D eigenvalue weighted by Crippen LogP contribution is -2.19. The Balaban J connectivity index is 2.15. The van der Waals surface area contributed by atoms with Crippen molar-refractivity contribution in [3.63, 3.8) is 0 Å². The summed E-state index contributed by atoms with van der Waals surface area (Å²) in [6.45, 7) is 2.59. The second kappa shape index (κ2) is 7.10. The van der Waals surface area contributed by atoms with Crippen molar-refractivity contribution in [2.24, 2.45) is 5.92 Å². The van der Waals surface area contributed by atoms with Crippen LogP contribution in [0.25, 0.3) is 16.6 Å². The van der Waals surface area contributed by atoms with E-state index < -0.39 is 17.6 Å². The molecule has 3 aromatic rings. The minimum Gasteiger partial charge on any atom is -0.504 e. The summed E-state index contributed by atoms with van der Waals surface area (Å²) >= 11 is 0. The van der Waals surface area contributed by atoms with Gasteiger partial charge in [0.25, 0.3) is 0 Å². The van der Waals surface area contributed by atoms with Crippen molar-refractivity contribution in [1.29, 1.82) is 0 Å². The normalized spacial score (nSPS) is 13.4. The minimum absolute atomic E-state index is 0.00887. The summed E-state index contributed by atoms with van der Waals surface area (Å²) in [7, 11) is 0. The number of aromatic nitrogens is 4. The van der Waals surface area contributed by atoms with Gasteiger partial charge in [-0.3, -0.25) is 0 Å². The van der Waals surface area contributed by atoms with Crippen molar-refractivity contribution < 1.29 is 23.7 Å². The Kier molecular flexibility index (Phi) is 5.01. The molecule has 1 aromatic carbocycles. The van der Waals surface area contributed by atoms with E-state index in [4.69, 9.17) is 5.73 Å². The minimum atomic E-state index is -3.51. The molecule has 146 valence electrons. The van der Waals surface area contributed by atoms with Gasteiger partial charge in [0.15, 0.2) is 23.0 Å². The van der Waals surface area contributed by atoms with Gasteiger partial charge in [0.2, 0.25) is 5.95 Å². The maximum Gasteiger partial charge on any atom is 0.395 e. The van der Waals surface area contributed by atoms with Crippen molar-refractivity contribution in [3.8, 4) is 11.5 Å². The maximum atomic E-state index is 13.3. The average Bonchev–Trinajstić information content (AvgIpc) is 3.01. The molecule has 1 unspecified atom stereocenters. The molecular weight excluding hydrogens is 360 g/mol. The lowest BCUT2D eigenvalue weighted by Gasteiger charge is -2.15. The third-order valence-corrected chi connectivity index (χ3v) is 4.15. The maximum absolute atomic E-state index is 13.3. The van der Waals surface area contributed by atoms with Crippen LogP contribution in [0.5, 0.6) is 11.5 Å². The number of alkyl halides is 2. The Morgan fingerprint density at radius 3 is 2.70 bits per heavy atom. The van der Waals surface area contributed by atoms with E-state index in [1.807, 2.05) is 6.92 Å². The first-order valence-electron chi connectivity index (χ1n) is 8.58. The zero-order chi connectivity index (χ0) is 19.8. The van der Waals surface area contributed by atoms with Gasteiger partial charge in [0, 0.05) is 25.3 Å². The van der Waals surface area contributed by atoms with Crippen LogP contribution in [-0.4, -0.2) is 42.5 Å². The molecule has 0 bridgehead atoms. The van der Waals surface area contributed by atoms with Crippen LogP contribution in [0.1, 0.15) is 32.5 Å². The summed E-state index contributed by atoms with van der Waals surface area (Å²) < 4.78 is 32.6. The van der Waals surface area contributed by atoms with Crippen LogP contribution < -0.4 is 10.5 Å². The highest BCUT2D eigenvalue weighted by Crippen LogP contribution is 2.38. The Morgan fingerprint density at radius 1 is 1.33 bits per heavy atom. The number of phenols is 1. The molecule has 10 heteroatoms. The van der Waals surface area contributed by atoms with Crippen LogP contribution in [0, 0.1) is 5.92 Å². The highest BCUT2D eigenvalue weighted by atomic mass is 19.3. The topological polar surface area (TPSA) is 119 Å². The number of nitrogens with zero attached hydrogens (tertiary/aromatic N) is 4. The standard InChI is InChI=1S/C17H21F2N5O3/c1-3-4-9(8-25)7-12-21-15-10-5-6-11(26)14(27-17(2,18)19)13(10)22-16(20)24(15)23-12/h5-6,9,25-26H,3-4,7-8H2,1-2H3,(H2,20,22). The molecule has 0 aliphatic carbocycles. The van der Waals surface area contributed by atoms with Gasteiger partial charge < -0.3 is 20.7 Å². The van der Waals surface area contributed by atoms with Gasteiger partial charge in [-0.15, -0.1) is 5.10 Å². The van der Waals surface area contributed by atoms with Gasteiger partial charge in [-0.1, -0.05) is 13.3 Å². The summed E-state index contributed by atoms with van der Waals surface area (Å²) in [6.07, 6.45) is -1.34. The number of hydrogen-bond acceptors (Lipinski definition) is 7. The molecule has 0 saturated carbocycles. The molecule has 4 N–H and O–H groups in total. The fourth-order valence-corrected chi connectivity index (χ4v) is 2.99. The van der Waals surface area contributed by atoms with Crippen molar-refractivity contribution >= 4 is 22.5 Å². The Bertz CT molecular complexity index is 971. The Labute approximate surface area is 153 Å². The largest absolute Gasteiger partial charge is 0.504 e. The number of ether oxygens (including phenoxy) is 1. The molecule has 3 rings (SSSR count). The highest BCUT2D eigenvalue weighted by molar-refractivity contribution is 5.97. The van der Waals surface area contributed by atoms with E-state index in [2.05, 4.69) is 19.8 Å². The molecule has 0 saturated heterocycles. The van der Waals surface area contributed by atoms with Gasteiger partial charge in [-0.25, -0.2) is 9.97 Å². The second-order valence-electron chi connectivity index (χ2n) is 6.49. The molecule has 2 aromatic heterocycles. The molecule has 2 heterocycles. The number of anilines is 1.